The molecule has 3 unspecified atom stereocenters. The smallest absolute Gasteiger partial charge is 0.123 e. The molecule has 2 N–H and O–H groups in total. The second-order valence-electron chi connectivity index (χ2n) is 11.4. The van der Waals surface area contributed by atoms with Crippen LogP contribution in [-0.2, 0) is 25.0 Å². The predicted molar refractivity (Wildman–Crippen MR) is 162 cm³/mol. The van der Waals surface area contributed by atoms with E-state index in [1.807, 2.05) is 30.3 Å². The van der Waals surface area contributed by atoms with E-state index in [2.05, 4.69) is 66.1 Å². The van der Waals surface area contributed by atoms with Crippen LogP contribution in [0.5, 0.6) is 11.5 Å². The van der Waals surface area contributed by atoms with E-state index in [0.29, 0.717) is 19.1 Å². The van der Waals surface area contributed by atoms with Crippen molar-refractivity contribution in [2.45, 2.75) is 63.3 Å². The van der Waals surface area contributed by atoms with E-state index in [1.54, 1.807) is 12.1 Å². The lowest BCUT2D eigenvalue weighted by Crippen LogP contribution is -2.50. The molecule has 2 heterocycles. The molecular formula is C36H39FN2O2. The highest BCUT2D eigenvalue weighted by atomic mass is 19.1. The van der Waals surface area contributed by atoms with Gasteiger partial charge < -0.3 is 20.1 Å². The summed E-state index contributed by atoms with van der Waals surface area (Å²) in [7, 11) is 0. The number of hydrogen-bond donors (Lipinski definition) is 2. The van der Waals surface area contributed by atoms with Crippen LogP contribution < -0.4 is 20.1 Å². The van der Waals surface area contributed by atoms with Crippen LogP contribution in [-0.4, -0.2) is 25.2 Å². The van der Waals surface area contributed by atoms with Crippen molar-refractivity contribution < 1.29 is 13.9 Å². The first-order valence-electron chi connectivity index (χ1n) is 14.9. The Morgan fingerprint density at radius 2 is 1.68 bits per heavy atom. The van der Waals surface area contributed by atoms with E-state index in [9.17, 15) is 4.39 Å². The monoisotopic (exact) mass is 550 g/mol. The molecule has 212 valence electrons. The minimum absolute atomic E-state index is 0.116. The Morgan fingerprint density at radius 3 is 2.46 bits per heavy atom. The van der Waals surface area contributed by atoms with Crippen LogP contribution in [0.1, 0.15) is 54.0 Å². The molecule has 0 saturated carbocycles. The van der Waals surface area contributed by atoms with Crippen LogP contribution in [0.2, 0.25) is 0 Å². The Labute approximate surface area is 242 Å². The topological polar surface area (TPSA) is 42.5 Å². The second-order valence-corrected chi connectivity index (χ2v) is 11.4. The molecule has 1 fully saturated rings. The molecule has 0 aliphatic carbocycles. The fraction of sp³-hybridized carbons (Fsp3) is 0.333. The SMILES string of the molecule is CC(Oc1ccc(CC2(c3cccc(F)c3)NCCc3cc(OCc4ccccc4)ccc32)cc1)C1CCCCN1. The molecule has 0 bridgehead atoms. The van der Waals surface area contributed by atoms with Gasteiger partial charge in [-0.3, -0.25) is 0 Å². The van der Waals surface area contributed by atoms with E-state index in [4.69, 9.17) is 9.47 Å². The summed E-state index contributed by atoms with van der Waals surface area (Å²) in [6.45, 7) is 4.53. The van der Waals surface area contributed by atoms with Gasteiger partial charge in [-0.15, -0.1) is 0 Å². The molecule has 0 spiro atoms. The summed E-state index contributed by atoms with van der Waals surface area (Å²) in [5, 5.41) is 7.39. The summed E-state index contributed by atoms with van der Waals surface area (Å²) in [6, 6.07) is 32.4. The van der Waals surface area contributed by atoms with Gasteiger partial charge in [0.2, 0.25) is 0 Å². The van der Waals surface area contributed by atoms with Gasteiger partial charge in [-0.2, -0.15) is 0 Å². The summed E-state index contributed by atoms with van der Waals surface area (Å²) >= 11 is 0. The highest BCUT2D eigenvalue weighted by Gasteiger charge is 2.38. The number of rotatable bonds is 9. The van der Waals surface area contributed by atoms with Gasteiger partial charge in [-0.1, -0.05) is 67.1 Å². The Bertz CT molecular complexity index is 1440. The predicted octanol–water partition coefficient (Wildman–Crippen LogP) is 6.95. The van der Waals surface area contributed by atoms with Crippen molar-refractivity contribution in [1.29, 1.82) is 0 Å². The lowest BCUT2D eigenvalue weighted by molar-refractivity contribution is 0.152. The first-order chi connectivity index (χ1) is 20.1. The molecule has 4 aromatic rings. The molecule has 0 radical (unpaired) electrons. The van der Waals surface area contributed by atoms with E-state index < -0.39 is 5.54 Å². The lowest BCUT2D eigenvalue weighted by atomic mass is 9.73. The van der Waals surface area contributed by atoms with E-state index in [-0.39, 0.29) is 11.9 Å². The summed E-state index contributed by atoms with van der Waals surface area (Å²) in [4.78, 5) is 0. The van der Waals surface area contributed by atoms with Crippen LogP contribution in [0, 0.1) is 5.82 Å². The summed E-state index contributed by atoms with van der Waals surface area (Å²) in [5.74, 6) is 1.50. The van der Waals surface area contributed by atoms with Crippen molar-refractivity contribution in [3.05, 3.63) is 131 Å². The molecule has 4 nitrogen and oxygen atoms in total. The van der Waals surface area contributed by atoms with Gasteiger partial charge in [0.1, 0.15) is 30.0 Å². The molecule has 0 aromatic heterocycles. The first kappa shape index (κ1) is 27.5. The Balaban J connectivity index is 1.26. The number of fused-ring (bicyclic) bond motifs is 1. The van der Waals surface area contributed by atoms with Crippen molar-refractivity contribution in [1.82, 2.24) is 10.6 Å². The van der Waals surface area contributed by atoms with Gasteiger partial charge >= 0.3 is 0 Å². The zero-order valence-electron chi connectivity index (χ0n) is 23.7. The molecule has 0 amide bonds. The van der Waals surface area contributed by atoms with Crippen molar-refractivity contribution in [2.24, 2.45) is 0 Å². The van der Waals surface area contributed by atoms with Crippen molar-refractivity contribution in [3.63, 3.8) is 0 Å². The Morgan fingerprint density at radius 1 is 0.854 bits per heavy atom. The van der Waals surface area contributed by atoms with E-state index in [1.165, 1.54) is 30.0 Å². The first-order valence-corrected chi connectivity index (χ1v) is 14.9. The van der Waals surface area contributed by atoms with Crippen molar-refractivity contribution in [3.8, 4) is 11.5 Å². The van der Waals surface area contributed by atoms with E-state index >= 15 is 0 Å². The highest BCUT2D eigenvalue weighted by molar-refractivity contribution is 5.49. The van der Waals surface area contributed by atoms with Crippen molar-refractivity contribution >= 4 is 0 Å². The highest BCUT2D eigenvalue weighted by Crippen LogP contribution is 2.40. The van der Waals surface area contributed by atoms with Crippen LogP contribution >= 0.6 is 0 Å². The summed E-state index contributed by atoms with van der Waals surface area (Å²) < 4.78 is 27.1. The third-order valence-electron chi connectivity index (χ3n) is 8.55. The molecule has 41 heavy (non-hydrogen) atoms. The summed E-state index contributed by atoms with van der Waals surface area (Å²) in [5.41, 5.74) is 5.06. The van der Waals surface area contributed by atoms with Gasteiger partial charge in [0.25, 0.3) is 0 Å². The van der Waals surface area contributed by atoms with Gasteiger partial charge in [0.05, 0.1) is 5.54 Å². The van der Waals surface area contributed by atoms with Crippen molar-refractivity contribution in [2.75, 3.05) is 13.1 Å². The fourth-order valence-electron chi connectivity index (χ4n) is 6.37. The number of halogens is 1. The molecule has 1 saturated heterocycles. The molecule has 5 heteroatoms. The average Bonchev–Trinajstić information content (AvgIpc) is 3.02. The maximum atomic E-state index is 14.6. The Hall–Kier alpha value is -3.67. The zero-order chi connectivity index (χ0) is 28.1. The van der Waals surface area contributed by atoms with Crippen LogP contribution in [0.25, 0.3) is 0 Å². The lowest BCUT2D eigenvalue weighted by Gasteiger charge is -2.41. The molecule has 4 aromatic carbocycles. The third kappa shape index (κ3) is 6.32. The molecular weight excluding hydrogens is 511 g/mol. The van der Waals surface area contributed by atoms with Crippen LogP contribution in [0.15, 0.2) is 97.1 Å². The van der Waals surface area contributed by atoms with Gasteiger partial charge in [0, 0.05) is 12.6 Å². The van der Waals surface area contributed by atoms with Crippen LogP contribution in [0.4, 0.5) is 4.39 Å². The van der Waals surface area contributed by atoms with Gasteiger partial charge in [-0.05, 0) is 103 Å². The summed E-state index contributed by atoms with van der Waals surface area (Å²) in [6.07, 6.45) is 5.33. The third-order valence-corrected chi connectivity index (χ3v) is 8.55. The second kappa shape index (κ2) is 12.5. The minimum Gasteiger partial charge on any atom is -0.489 e. The maximum Gasteiger partial charge on any atom is 0.123 e. The van der Waals surface area contributed by atoms with Crippen LogP contribution in [0.3, 0.4) is 0 Å². The maximum absolute atomic E-state index is 14.6. The number of ether oxygens (including phenoxy) is 2. The standard InChI is InChI=1S/C36H39FN2O2/c1-26(35-12-5-6-20-38-35)41-32-15-13-27(14-16-32)24-36(30-10-7-11-31(37)23-30)34-18-17-33(22-29(34)19-21-39-36)40-25-28-8-3-2-4-9-28/h2-4,7-11,13-18,22-23,26,35,38-39H,5-6,12,19-21,24-25H2,1H3. The largest absolute Gasteiger partial charge is 0.489 e. The quantitative estimate of drug-likeness (QED) is 0.237. The fourth-order valence-corrected chi connectivity index (χ4v) is 6.37. The average molecular weight is 551 g/mol. The zero-order valence-corrected chi connectivity index (χ0v) is 23.7. The number of hydrogen-bond acceptors (Lipinski definition) is 4. The minimum atomic E-state index is -0.560. The van der Waals surface area contributed by atoms with Gasteiger partial charge in [0.15, 0.2) is 0 Å². The molecule has 3 atom stereocenters. The molecule has 6 rings (SSSR count). The van der Waals surface area contributed by atoms with Gasteiger partial charge in [-0.25, -0.2) is 4.39 Å². The molecule has 2 aliphatic heterocycles. The normalized spacial score (nSPS) is 21.1. The number of piperidine rings is 1. The Kier molecular flexibility index (Phi) is 8.36. The molecule has 2 aliphatic rings. The number of nitrogens with one attached hydrogen (secondary N) is 2. The van der Waals surface area contributed by atoms with E-state index in [0.717, 1.165) is 54.1 Å². The number of benzene rings is 4.